The lowest BCUT2D eigenvalue weighted by atomic mass is 10.1. The van der Waals surface area contributed by atoms with Crippen molar-refractivity contribution in [3.05, 3.63) is 59.5 Å². The van der Waals surface area contributed by atoms with Crippen LogP contribution in [0.2, 0.25) is 0 Å². The Morgan fingerprint density at radius 3 is 2.74 bits per heavy atom. The van der Waals surface area contributed by atoms with Crippen molar-refractivity contribution in [2.24, 2.45) is 0 Å². The molecule has 3 rings (SSSR count). The van der Waals surface area contributed by atoms with Gasteiger partial charge in [0.25, 0.3) is 5.91 Å². The zero-order chi connectivity index (χ0) is 16.1. The fourth-order valence-corrected chi connectivity index (χ4v) is 2.76. The number of hydrogen-bond donors (Lipinski definition) is 3. The molecule has 0 bridgehead atoms. The predicted octanol–water partition coefficient (Wildman–Crippen LogP) is 2.00. The lowest BCUT2D eigenvalue weighted by Crippen LogP contribution is -2.41. The number of urea groups is 1. The lowest BCUT2D eigenvalue weighted by molar-refractivity contribution is 0.0926. The van der Waals surface area contributed by atoms with Gasteiger partial charge in [-0.05, 0) is 36.1 Å². The number of furan rings is 1. The minimum absolute atomic E-state index is 0.0592. The van der Waals surface area contributed by atoms with E-state index < -0.39 is 0 Å². The van der Waals surface area contributed by atoms with Crippen molar-refractivity contribution < 1.29 is 14.0 Å². The average molecular weight is 313 g/mol. The number of nitrogens with one attached hydrogen (secondary N) is 3. The Labute approximate surface area is 134 Å². The quantitative estimate of drug-likeness (QED) is 0.738. The number of hydrogen-bond acceptors (Lipinski definition) is 3. The van der Waals surface area contributed by atoms with Gasteiger partial charge in [0.05, 0.1) is 12.3 Å². The van der Waals surface area contributed by atoms with E-state index in [2.05, 4.69) is 28.1 Å². The van der Waals surface area contributed by atoms with Crippen LogP contribution in [0.3, 0.4) is 0 Å². The number of amides is 3. The van der Waals surface area contributed by atoms with Gasteiger partial charge in [-0.25, -0.2) is 4.79 Å². The largest absolute Gasteiger partial charge is 0.459 e. The van der Waals surface area contributed by atoms with Crippen molar-refractivity contribution in [2.45, 2.75) is 18.9 Å². The van der Waals surface area contributed by atoms with E-state index in [0.717, 1.165) is 12.8 Å². The Hall–Kier alpha value is -2.76. The van der Waals surface area contributed by atoms with Crippen LogP contribution in [0.25, 0.3) is 0 Å². The van der Waals surface area contributed by atoms with E-state index in [1.54, 1.807) is 12.1 Å². The normalized spacial score (nSPS) is 15.7. The van der Waals surface area contributed by atoms with Crippen LogP contribution >= 0.6 is 0 Å². The molecule has 0 radical (unpaired) electrons. The predicted molar refractivity (Wildman–Crippen MR) is 85.1 cm³/mol. The molecule has 1 aliphatic carbocycles. The van der Waals surface area contributed by atoms with Crippen LogP contribution in [0.5, 0.6) is 0 Å². The molecule has 0 spiro atoms. The van der Waals surface area contributed by atoms with Crippen LogP contribution in [0.4, 0.5) is 4.79 Å². The summed E-state index contributed by atoms with van der Waals surface area (Å²) in [6.45, 7) is 0.695. The Bertz CT molecular complexity index is 682. The second kappa shape index (κ2) is 7.00. The summed E-state index contributed by atoms with van der Waals surface area (Å²) in [5.74, 6) is -0.0288. The fourth-order valence-electron chi connectivity index (χ4n) is 2.76. The molecule has 0 fully saturated rings. The molecule has 0 saturated heterocycles. The molecule has 3 amide bonds. The van der Waals surface area contributed by atoms with Gasteiger partial charge in [-0.1, -0.05) is 24.3 Å². The highest BCUT2D eigenvalue weighted by atomic mass is 16.3. The SMILES string of the molecule is O=C(NCCNC(=O)c1ccco1)N[C@H]1CCc2ccccc21. The molecule has 1 aromatic heterocycles. The molecule has 0 unspecified atom stereocenters. The maximum absolute atomic E-state index is 11.9. The van der Waals surface area contributed by atoms with Crippen LogP contribution < -0.4 is 16.0 Å². The Morgan fingerprint density at radius 1 is 1.09 bits per heavy atom. The van der Waals surface area contributed by atoms with Gasteiger partial charge >= 0.3 is 6.03 Å². The molecule has 6 nitrogen and oxygen atoms in total. The van der Waals surface area contributed by atoms with Crippen LogP contribution in [-0.2, 0) is 6.42 Å². The smallest absolute Gasteiger partial charge is 0.315 e. The Balaban J connectivity index is 1.38. The molecule has 120 valence electrons. The third-order valence-electron chi connectivity index (χ3n) is 3.88. The number of rotatable bonds is 5. The van der Waals surface area contributed by atoms with E-state index in [-0.39, 0.29) is 23.7 Å². The zero-order valence-corrected chi connectivity index (χ0v) is 12.7. The van der Waals surface area contributed by atoms with Gasteiger partial charge in [-0.2, -0.15) is 0 Å². The van der Waals surface area contributed by atoms with E-state index in [9.17, 15) is 9.59 Å². The molecule has 1 heterocycles. The fraction of sp³-hybridized carbons (Fsp3) is 0.294. The van der Waals surface area contributed by atoms with Crippen LogP contribution in [0.1, 0.15) is 34.1 Å². The first-order valence-electron chi connectivity index (χ1n) is 7.68. The summed E-state index contributed by atoms with van der Waals surface area (Å²) in [4.78, 5) is 23.6. The molecule has 2 aromatic rings. The number of carbonyl (C=O) groups is 2. The van der Waals surface area contributed by atoms with Crippen molar-refractivity contribution in [3.8, 4) is 0 Å². The molecular weight excluding hydrogens is 294 g/mol. The summed E-state index contributed by atoms with van der Waals surface area (Å²) in [6, 6.07) is 11.2. The van der Waals surface area contributed by atoms with E-state index in [1.165, 1.54) is 17.4 Å². The second-order valence-corrected chi connectivity index (χ2v) is 5.42. The maximum atomic E-state index is 11.9. The standard InChI is InChI=1S/C17H19N3O3/c21-16(15-6-3-11-23-15)18-9-10-19-17(22)20-14-8-7-12-4-1-2-5-13(12)14/h1-6,11,14H,7-10H2,(H,18,21)(H2,19,20,22)/t14-/m0/s1. The number of aryl methyl sites for hydroxylation is 1. The summed E-state index contributed by atoms with van der Waals surface area (Å²) < 4.78 is 4.98. The molecule has 1 aromatic carbocycles. The van der Waals surface area contributed by atoms with E-state index in [4.69, 9.17) is 4.42 Å². The van der Waals surface area contributed by atoms with Gasteiger partial charge in [0.1, 0.15) is 0 Å². The monoisotopic (exact) mass is 313 g/mol. The first-order chi connectivity index (χ1) is 11.2. The van der Waals surface area contributed by atoms with E-state index in [1.807, 2.05) is 12.1 Å². The summed E-state index contributed by atoms with van der Waals surface area (Å²) in [6.07, 6.45) is 3.35. The van der Waals surface area contributed by atoms with Crippen molar-refractivity contribution in [3.63, 3.8) is 0 Å². The van der Waals surface area contributed by atoms with E-state index >= 15 is 0 Å². The highest BCUT2D eigenvalue weighted by Gasteiger charge is 2.23. The van der Waals surface area contributed by atoms with Gasteiger partial charge in [-0.3, -0.25) is 4.79 Å². The topological polar surface area (TPSA) is 83.4 Å². The highest BCUT2D eigenvalue weighted by Crippen LogP contribution is 2.30. The molecule has 0 aliphatic heterocycles. The summed E-state index contributed by atoms with van der Waals surface area (Å²) in [7, 11) is 0. The number of benzene rings is 1. The van der Waals surface area contributed by atoms with Crippen LogP contribution in [0.15, 0.2) is 47.1 Å². The van der Waals surface area contributed by atoms with Crippen LogP contribution in [0, 0.1) is 0 Å². The molecule has 1 atom stereocenters. The average Bonchev–Trinajstić information content (AvgIpc) is 3.22. The summed E-state index contributed by atoms with van der Waals surface area (Å²) in [5, 5.41) is 8.39. The van der Waals surface area contributed by atoms with Gasteiger partial charge in [0.2, 0.25) is 0 Å². The highest BCUT2D eigenvalue weighted by molar-refractivity contribution is 5.91. The first-order valence-corrected chi connectivity index (χ1v) is 7.68. The molecule has 1 aliphatic rings. The number of carbonyl (C=O) groups excluding carboxylic acids is 2. The minimum Gasteiger partial charge on any atom is -0.459 e. The third kappa shape index (κ3) is 3.71. The van der Waals surface area contributed by atoms with Gasteiger partial charge in [-0.15, -0.1) is 0 Å². The van der Waals surface area contributed by atoms with E-state index in [0.29, 0.717) is 13.1 Å². The Morgan fingerprint density at radius 2 is 1.91 bits per heavy atom. The van der Waals surface area contributed by atoms with Crippen LogP contribution in [-0.4, -0.2) is 25.0 Å². The Kier molecular flexibility index (Phi) is 4.61. The van der Waals surface area contributed by atoms with Crippen molar-refractivity contribution >= 4 is 11.9 Å². The van der Waals surface area contributed by atoms with Crippen molar-refractivity contribution in [1.82, 2.24) is 16.0 Å². The third-order valence-corrected chi connectivity index (χ3v) is 3.88. The summed E-state index contributed by atoms with van der Waals surface area (Å²) >= 11 is 0. The van der Waals surface area contributed by atoms with Gasteiger partial charge < -0.3 is 20.4 Å². The molecule has 6 heteroatoms. The van der Waals surface area contributed by atoms with Crippen molar-refractivity contribution in [2.75, 3.05) is 13.1 Å². The summed E-state index contributed by atoms with van der Waals surface area (Å²) in [5.41, 5.74) is 2.48. The molecular formula is C17H19N3O3. The second-order valence-electron chi connectivity index (χ2n) is 5.42. The van der Waals surface area contributed by atoms with Gasteiger partial charge in [0.15, 0.2) is 5.76 Å². The molecule has 23 heavy (non-hydrogen) atoms. The lowest BCUT2D eigenvalue weighted by Gasteiger charge is -2.15. The number of fused-ring (bicyclic) bond motifs is 1. The minimum atomic E-state index is -0.290. The van der Waals surface area contributed by atoms with Gasteiger partial charge in [0, 0.05) is 13.1 Å². The zero-order valence-electron chi connectivity index (χ0n) is 12.7. The molecule has 0 saturated carbocycles. The first kappa shape index (κ1) is 15.1. The van der Waals surface area contributed by atoms with Crippen molar-refractivity contribution in [1.29, 1.82) is 0 Å². The maximum Gasteiger partial charge on any atom is 0.315 e. The molecule has 3 N–H and O–H groups in total.